The number of rotatable bonds is 9. The zero-order valence-electron chi connectivity index (χ0n) is 19.7. The van der Waals surface area contributed by atoms with Gasteiger partial charge in [0.05, 0.1) is 28.6 Å². The quantitative estimate of drug-likeness (QED) is 0.361. The first-order chi connectivity index (χ1) is 17.5. The molecule has 2 heterocycles. The van der Waals surface area contributed by atoms with Crippen LogP contribution in [0, 0.1) is 11.3 Å². The van der Waals surface area contributed by atoms with Crippen molar-refractivity contribution in [3.63, 3.8) is 0 Å². The van der Waals surface area contributed by atoms with Crippen molar-refractivity contribution in [1.82, 2.24) is 19.3 Å². The number of hydrogen-bond donors (Lipinski definition) is 1. The van der Waals surface area contributed by atoms with Crippen LogP contribution >= 0.6 is 0 Å². The Balaban J connectivity index is 1.34. The summed E-state index contributed by atoms with van der Waals surface area (Å²) >= 11 is 0. The molecular formula is C26H26N6O3S. The summed E-state index contributed by atoms with van der Waals surface area (Å²) in [4.78, 5) is 3.94. The third-order valence-corrected chi connectivity index (χ3v) is 8.83. The normalized spacial score (nSPS) is 16.0. The van der Waals surface area contributed by atoms with Crippen LogP contribution in [0.1, 0.15) is 43.7 Å². The second-order valence-electron chi connectivity index (χ2n) is 9.40. The van der Waals surface area contributed by atoms with Gasteiger partial charge < -0.3 is 9.30 Å². The minimum absolute atomic E-state index is 0.281. The molecule has 2 fully saturated rings. The number of nitrogens with zero attached hydrogens (tertiary/aromatic N) is 5. The van der Waals surface area contributed by atoms with Crippen molar-refractivity contribution in [3.05, 3.63) is 60.7 Å². The molecule has 184 valence electrons. The van der Waals surface area contributed by atoms with E-state index in [4.69, 9.17) is 4.74 Å². The minimum Gasteiger partial charge on any atom is -0.492 e. The molecule has 10 heteroatoms. The Hall–Kier alpha value is -3.84. The monoisotopic (exact) mass is 502 g/mol. The van der Waals surface area contributed by atoms with Gasteiger partial charge in [-0.15, -0.1) is 0 Å². The molecule has 1 N–H and O–H groups in total. The highest BCUT2D eigenvalue weighted by molar-refractivity contribution is 7.93. The van der Waals surface area contributed by atoms with Crippen LogP contribution in [0.25, 0.3) is 22.2 Å². The second kappa shape index (κ2) is 8.99. The van der Waals surface area contributed by atoms with E-state index in [2.05, 4.69) is 25.4 Å². The summed E-state index contributed by atoms with van der Waals surface area (Å²) in [7, 11) is -3.32. The number of benzene rings is 2. The Kier molecular flexibility index (Phi) is 5.64. The lowest BCUT2D eigenvalue weighted by Crippen LogP contribution is -2.18. The van der Waals surface area contributed by atoms with Crippen molar-refractivity contribution in [2.24, 2.45) is 0 Å². The fourth-order valence-corrected chi connectivity index (χ4v) is 6.12. The van der Waals surface area contributed by atoms with Gasteiger partial charge in [0.25, 0.3) is 0 Å². The van der Waals surface area contributed by atoms with Crippen molar-refractivity contribution >= 4 is 26.6 Å². The van der Waals surface area contributed by atoms with Gasteiger partial charge in [-0.2, -0.15) is 10.4 Å². The fourth-order valence-electron chi connectivity index (χ4n) is 4.73. The second-order valence-corrected chi connectivity index (χ2v) is 11.4. The highest BCUT2D eigenvalue weighted by Crippen LogP contribution is 2.43. The average Bonchev–Trinajstić information content (AvgIpc) is 3.51. The molecular weight excluding hydrogens is 476 g/mol. The highest BCUT2D eigenvalue weighted by Gasteiger charge is 2.35. The molecule has 0 amide bonds. The number of sulfonamides is 1. The smallest absolute Gasteiger partial charge is 0.235 e. The van der Waals surface area contributed by atoms with E-state index in [1.165, 1.54) is 6.33 Å². The number of hydrogen-bond acceptors (Lipinski definition) is 6. The molecule has 0 unspecified atom stereocenters. The number of aromatic nitrogens is 4. The zero-order chi connectivity index (χ0) is 24.7. The van der Waals surface area contributed by atoms with Crippen molar-refractivity contribution in [3.8, 4) is 23.1 Å². The standard InChI is InChI=1S/C26H26N6O3S/c27-15-24-23-14-21(35-13-12-31-17-28-16-29-31)8-11-25(23)32(20-2-1-3-20)26(24)18-4-6-19(7-5-18)30-36(33,34)22-9-10-22/h4-8,11,14,16-17,20,22,30H,1-3,9-10,12-13H2. The third-order valence-electron chi connectivity index (χ3n) is 6.96. The van der Waals surface area contributed by atoms with Crippen LogP contribution in [0.2, 0.25) is 0 Å². The molecule has 2 aromatic carbocycles. The maximum Gasteiger partial charge on any atom is 0.235 e. The number of anilines is 1. The van der Waals surface area contributed by atoms with Crippen LogP contribution in [-0.4, -0.2) is 39.6 Å². The first-order valence-electron chi connectivity index (χ1n) is 12.2. The molecule has 0 saturated heterocycles. The van der Waals surface area contributed by atoms with Crippen LogP contribution in [0.4, 0.5) is 5.69 Å². The first-order valence-corrected chi connectivity index (χ1v) is 13.7. The van der Waals surface area contributed by atoms with E-state index in [1.54, 1.807) is 23.1 Å². The molecule has 2 aliphatic carbocycles. The van der Waals surface area contributed by atoms with E-state index in [9.17, 15) is 13.7 Å². The Morgan fingerprint density at radius 1 is 1.11 bits per heavy atom. The Morgan fingerprint density at radius 3 is 2.56 bits per heavy atom. The fraction of sp³-hybridized carbons (Fsp3) is 0.346. The van der Waals surface area contributed by atoms with Crippen LogP contribution in [0.15, 0.2) is 55.1 Å². The van der Waals surface area contributed by atoms with E-state index in [-0.39, 0.29) is 5.25 Å². The molecule has 9 nitrogen and oxygen atoms in total. The van der Waals surface area contributed by atoms with Crippen molar-refractivity contribution < 1.29 is 13.2 Å². The number of nitrogens with one attached hydrogen (secondary N) is 1. The third kappa shape index (κ3) is 4.20. The Bertz CT molecular complexity index is 1540. The van der Waals surface area contributed by atoms with Gasteiger partial charge in [-0.05, 0) is 68.0 Å². The molecule has 2 aliphatic rings. The summed E-state index contributed by atoms with van der Waals surface area (Å²) in [6.07, 6.45) is 7.86. The summed E-state index contributed by atoms with van der Waals surface area (Å²) < 4.78 is 37.3. The largest absolute Gasteiger partial charge is 0.492 e. The highest BCUT2D eigenvalue weighted by atomic mass is 32.2. The molecule has 0 atom stereocenters. The minimum atomic E-state index is -3.32. The van der Waals surface area contributed by atoms with Gasteiger partial charge in [-0.25, -0.2) is 18.1 Å². The summed E-state index contributed by atoms with van der Waals surface area (Å²) in [5.74, 6) is 0.696. The lowest BCUT2D eigenvalue weighted by molar-refractivity contribution is 0.291. The van der Waals surface area contributed by atoms with E-state index in [0.29, 0.717) is 49.0 Å². The van der Waals surface area contributed by atoms with Crippen LogP contribution in [0.5, 0.6) is 5.75 Å². The molecule has 6 rings (SSSR count). The van der Waals surface area contributed by atoms with E-state index in [1.807, 2.05) is 30.3 Å². The Morgan fingerprint density at radius 2 is 1.92 bits per heavy atom. The van der Waals surface area contributed by atoms with Gasteiger partial charge in [0.1, 0.15) is 31.1 Å². The molecule has 0 bridgehead atoms. The van der Waals surface area contributed by atoms with E-state index < -0.39 is 10.0 Å². The molecule has 0 spiro atoms. The Labute approximate surface area is 209 Å². The van der Waals surface area contributed by atoms with Crippen molar-refractivity contribution in [1.29, 1.82) is 5.26 Å². The summed E-state index contributed by atoms with van der Waals surface area (Å²) in [5.41, 5.74) is 3.91. The molecule has 0 aliphatic heterocycles. The van der Waals surface area contributed by atoms with Gasteiger partial charge in [0.15, 0.2) is 0 Å². The summed E-state index contributed by atoms with van der Waals surface area (Å²) in [6, 6.07) is 16.0. The predicted molar refractivity (Wildman–Crippen MR) is 136 cm³/mol. The number of fused-ring (bicyclic) bond motifs is 1. The summed E-state index contributed by atoms with van der Waals surface area (Å²) in [6.45, 7) is 1.01. The van der Waals surface area contributed by atoms with Gasteiger partial charge >= 0.3 is 0 Å². The van der Waals surface area contributed by atoms with E-state index in [0.717, 1.165) is 41.4 Å². The summed E-state index contributed by atoms with van der Waals surface area (Å²) in [5, 5.41) is 14.9. The van der Waals surface area contributed by atoms with Crippen LogP contribution in [0.3, 0.4) is 0 Å². The molecule has 2 saturated carbocycles. The van der Waals surface area contributed by atoms with Gasteiger partial charge in [-0.3, -0.25) is 4.72 Å². The average molecular weight is 503 g/mol. The predicted octanol–water partition coefficient (Wildman–Crippen LogP) is 4.48. The molecule has 4 aromatic rings. The molecule has 2 aromatic heterocycles. The zero-order valence-corrected chi connectivity index (χ0v) is 20.5. The van der Waals surface area contributed by atoms with Crippen molar-refractivity contribution in [2.75, 3.05) is 11.3 Å². The molecule has 36 heavy (non-hydrogen) atoms. The van der Waals surface area contributed by atoms with Gasteiger partial charge in [-0.1, -0.05) is 12.1 Å². The molecule has 0 radical (unpaired) electrons. The van der Waals surface area contributed by atoms with Crippen LogP contribution < -0.4 is 9.46 Å². The maximum absolute atomic E-state index is 12.3. The van der Waals surface area contributed by atoms with Crippen molar-refractivity contribution in [2.45, 2.75) is 49.9 Å². The topological polar surface area (TPSA) is 115 Å². The van der Waals surface area contributed by atoms with Crippen LogP contribution in [-0.2, 0) is 16.6 Å². The number of nitriles is 1. The SMILES string of the molecule is N#Cc1c(-c2ccc(NS(=O)(=O)C3CC3)cc2)n(C2CCC2)c2ccc(OCCn3cncn3)cc12. The lowest BCUT2D eigenvalue weighted by atomic mass is 9.92. The van der Waals surface area contributed by atoms with Gasteiger partial charge in [0, 0.05) is 17.1 Å². The maximum atomic E-state index is 12.3. The van der Waals surface area contributed by atoms with E-state index >= 15 is 0 Å². The first kappa shape index (κ1) is 22.6. The van der Waals surface area contributed by atoms with Gasteiger partial charge in [0.2, 0.25) is 10.0 Å². The lowest BCUT2D eigenvalue weighted by Gasteiger charge is -2.30. The number of ether oxygens (including phenoxy) is 1.